The van der Waals surface area contributed by atoms with Gasteiger partial charge in [0.25, 0.3) is 11.8 Å². The largest absolute Gasteiger partial charge is 0.495 e. The first-order chi connectivity index (χ1) is 19.4. The summed E-state index contributed by atoms with van der Waals surface area (Å²) in [5.74, 6) is -0.452. The van der Waals surface area contributed by atoms with Crippen molar-refractivity contribution in [2.75, 3.05) is 32.6 Å². The van der Waals surface area contributed by atoms with Crippen molar-refractivity contribution >= 4 is 23.5 Å². The van der Waals surface area contributed by atoms with Crippen LogP contribution >= 0.6 is 0 Å². The van der Waals surface area contributed by atoms with Crippen LogP contribution < -0.4 is 30.7 Å². The molecule has 2 aromatic carbocycles. The SMILES string of the molecule is CCc1cnc(Nc2cc(F)c(C(=O)NC3CCNCC3)cc2OC)nc1Oc1cccc(CC)c1C(=O)NC. The molecule has 3 aromatic rings. The van der Waals surface area contributed by atoms with E-state index >= 15 is 4.39 Å². The smallest absolute Gasteiger partial charge is 0.255 e. The van der Waals surface area contributed by atoms with E-state index in [-0.39, 0.29) is 40.8 Å². The van der Waals surface area contributed by atoms with Crippen molar-refractivity contribution < 1.29 is 23.5 Å². The number of piperidine rings is 1. The zero-order valence-electron chi connectivity index (χ0n) is 23.2. The molecule has 4 N–H and O–H groups in total. The zero-order valence-corrected chi connectivity index (χ0v) is 23.2. The van der Waals surface area contributed by atoms with Gasteiger partial charge in [0.1, 0.15) is 17.3 Å². The van der Waals surface area contributed by atoms with E-state index in [2.05, 4.69) is 31.2 Å². The Morgan fingerprint density at radius 3 is 2.50 bits per heavy atom. The van der Waals surface area contributed by atoms with E-state index in [1.165, 1.54) is 19.2 Å². The minimum Gasteiger partial charge on any atom is -0.495 e. The average molecular weight is 551 g/mol. The molecule has 40 heavy (non-hydrogen) atoms. The topological polar surface area (TPSA) is 126 Å². The van der Waals surface area contributed by atoms with Crippen molar-refractivity contribution in [3.05, 3.63) is 64.6 Å². The van der Waals surface area contributed by atoms with E-state index in [1.807, 2.05) is 26.0 Å². The van der Waals surface area contributed by atoms with Crippen LogP contribution in [0.4, 0.5) is 16.0 Å². The number of aryl methyl sites for hydroxylation is 2. The van der Waals surface area contributed by atoms with Crippen LogP contribution in [0.15, 0.2) is 36.5 Å². The fourth-order valence-electron chi connectivity index (χ4n) is 4.57. The van der Waals surface area contributed by atoms with Crippen molar-refractivity contribution in [2.45, 2.75) is 45.6 Å². The van der Waals surface area contributed by atoms with Crippen LogP contribution in [0, 0.1) is 5.82 Å². The van der Waals surface area contributed by atoms with Crippen LogP contribution in [0.5, 0.6) is 17.4 Å². The highest BCUT2D eigenvalue weighted by Gasteiger charge is 2.22. The standard InChI is InChI=1S/C29H35FN6O4/c1-5-17-8-7-9-23(25(17)27(38)31-3)40-28-18(6-2)16-33-29(36-28)35-22-15-21(30)20(14-24(22)39-4)26(37)34-19-10-12-32-13-11-19/h7-9,14-16,19,32H,5-6,10-13H2,1-4H3,(H,31,38)(H,34,37)(H,33,35,36). The summed E-state index contributed by atoms with van der Waals surface area (Å²) in [6.45, 7) is 5.51. The third kappa shape index (κ3) is 6.48. The van der Waals surface area contributed by atoms with Crippen molar-refractivity contribution in [3.63, 3.8) is 0 Å². The number of nitrogens with zero attached hydrogens (tertiary/aromatic N) is 2. The van der Waals surface area contributed by atoms with Crippen LogP contribution in [0.2, 0.25) is 0 Å². The molecule has 11 heteroatoms. The first-order valence-corrected chi connectivity index (χ1v) is 13.4. The average Bonchev–Trinajstić information content (AvgIpc) is 2.97. The Bertz CT molecular complexity index is 1380. The third-order valence-electron chi connectivity index (χ3n) is 6.81. The minimum atomic E-state index is -0.706. The Hall–Kier alpha value is -4.25. The molecule has 212 valence electrons. The first-order valence-electron chi connectivity index (χ1n) is 13.4. The highest BCUT2D eigenvalue weighted by molar-refractivity contribution is 5.98. The van der Waals surface area contributed by atoms with Crippen LogP contribution in [-0.4, -0.2) is 55.1 Å². The molecule has 0 atom stereocenters. The quantitative estimate of drug-likeness (QED) is 0.297. The molecule has 1 saturated heterocycles. The molecular formula is C29H35FN6O4. The highest BCUT2D eigenvalue weighted by atomic mass is 19.1. The molecule has 1 aliphatic rings. The number of anilines is 2. The zero-order chi connectivity index (χ0) is 28.6. The van der Waals surface area contributed by atoms with Gasteiger partial charge in [-0.1, -0.05) is 26.0 Å². The molecule has 10 nitrogen and oxygen atoms in total. The summed E-state index contributed by atoms with van der Waals surface area (Å²) < 4.78 is 26.7. The number of rotatable bonds is 10. The maximum absolute atomic E-state index is 15.1. The Labute approximate surface area is 233 Å². The summed E-state index contributed by atoms with van der Waals surface area (Å²) in [6, 6.07) is 7.94. The molecule has 1 aromatic heterocycles. The van der Waals surface area contributed by atoms with Gasteiger partial charge in [-0.25, -0.2) is 9.37 Å². The van der Waals surface area contributed by atoms with Crippen LogP contribution in [-0.2, 0) is 12.8 Å². The van der Waals surface area contributed by atoms with Crippen molar-refractivity contribution in [1.29, 1.82) is 0 Å². The molecule has 2 amide bonds. The highest BCUT2D eigenvalue weighted by Crippen LogP contribution is 2.33. The number of nitrogens with one attached hydrogen (secondary N) is 4. The van der Waals surface area contributed by atoms with E-state index in [0.717, 1.165) is 37.1 Å². The number of aromatic nitrogens is 2. The minimum absolute atomic E-state index is 0.0113. The first kappa shape index (κ1) is 28.8. The lowest BCUT2D eigenvalue weighted by molar-refractivity contribution is 0.0923. The number of hydrogen-bond donors (Lipinski definition) is 4. The van der Waals surface area contributed by atoms with Gasteiger partial charge in [-0.15, -0.1) is 0 Å². The van der Waals surface area contributed by atoms with Gasteiger partial charge in [-0.2, -0.15) is 4.98 Å². The maximum Gasteiger partial charge on any atom is 0.255 e. The van der Waals surface area contributed by atoms with E-state index in [9.17, 15) is 9.59 Å². The normalized spacial score (nSPS) is 13.4. The lowest BCUT2D eigenvalue weighted by atomic mass is 10.0. The molecule has 0 bridgehead atoms. The van der Waals surface area contributed by atoms with Crippen LogP contribution in [0.25, 0.3) is 0 Å². The summed E-state index contributed by atoms with van der Waals surface area (Å²) in [4.78, 5) is 34.3. The van der Waals surface area contributed by atoms with Crippen molar-refractivity contribution in [1.82, 2.24) is 25.9 Å². The summed E-state index contributed by atoms with van der Waals surface area (Å²) in [7, 11) is 3.00. The lowest BCUT2D eigenvalue weighted by Crippen LogP contribution is -2.42. The number of ether oxygens (including phenoxy) is 2. The Balaban J connectivity index is 1.61. The number of carbonyl (C=O) groups is 2. The Morgan fingerprint density at radius 1 is 1.07 bits per heavy atom. The van der Waals surface area contributed by atoms with Gasteiger partial charge in [-0.3, -0.25) is 9.59 Å². The molecule has 0 aliphatic carbocycles. The number of benzene rings is 2. The summed E-state index contributed by atoms with van der Waals surface area (Å²) in [6.07, 6.45) is 4.41. The maximum atomic E-state index is 15.1. The second kappa shape index (κ2) is 13.2. The molecule has 0 unspecified atom stereocenters. The van der Waals surface area contributed by atoms with Gasteiger partial charge in [0.2, 0.25) is 11.8 Å². The number of methoxy groups -OCH3 is 1. The second-order valence-electron chi connectivity index (χ2n) is 9.36. The molecule has 4 rings (SSSR count). The molecule has 2 heterocycles. The van der Waals surface area contributed by atoms with Crippen molar-refractivity contribution in [3.8, 4) is 17.4 Å². The number of hydrogen-bond acceptors (Lipinski definition) is 8. The van der Waals surface area contributed by atoms with Gasteiger partial charge < -0.3 is 30.7 Å². The van der Waals surface area contributed by atoms with Crippen LogP contribution in [0.3, 0.4) is 0 Å². The van der Waals surface area contributed by atoms with Gasteiger partial charge in [-0.05, 0) is 56.5 Å². The summed E-state index contributed by atoms with van der Waals surface area (Å²) >= 11 is 0. The fourth-order valence-corrected chi connectivity index (χ4v) is 4.57. The number of amides is 2. The Morgan fingerprint density at radius 2 is 1.82 bits per heavy atom. The molecule has 1 fully saturated rings. The van der Waals surface area contributed by atoms with Crippen LogP contribution in [0.1, 0.15) is 58.5 Å². The predicted octanol–water partition coefficient (Wildman–Crippen LogP) is 4.13. The molecule has 1 aliphatic heterocycles. The van der Waals surface area contributed by atoms with Crippen molar-refractivity contribution in [2.24, 2.45) is 0 Å². The molecule has 0 radical (unpaired) electrons. The number of halogens is 1. The second-order valence-corrected chi connectivity index (χ2v) is 9.36. The monoisotopic (exact) mass is 550 g/mol. The van der Waals surface area contributed by atoms with E-state index in [1.54, 1.807) is 19.3 Å². The lowest BCUT2D eigenvalue weighted by Gasteiger charge is -2.24. The predicted molar refractivity (Wildman–Crippen MR) is 150 cm³/mol. The fraction of sp³-hybridized carbons (Fsp3) is 0.379. The van der Waals surface area contributed by atoms with E-state index < -0.39 is 11.7 Å². The number of carbonyl (C=O) groups excluding carboxylic acids is 2. The Kier molecular flexibility index (Phi) is 9.49. The van der Waals surface area contributed by atoms with E-state index in [4.69, 9.17) is 9.47 Å². The van der Waals surface area contributed by atoms with Gasteiger partial charge in [0.05, 0.1) is 23.9 Å². The summed E-state index contributed by atoms with van der Waals surface area (Å²) in [5, 5.41) is 11.8. The molecule has 0 spiro atoms. The van der Waals surface area contributed by atoms with E-state index in [0.29, 0.717) is 24.2 Å². The van der Waals surface area contributed by atoms with Gasteiger partial charge in [0, 0.05) is 30.9 Å². The third-order valence-corrected chi connectivity index (χ3v) is 6.81. The van der Waals surface area contributed by atoms with Gasteiger partial charge >= 0.3 is 0 Å². The molecule has 0 saturated carbocycles. The summed E-state index contributed by atoms with van der Waals surface area (Å²) in [5.41, 5.74) is 2.13. The van der Waals surface area contributed by atoms with Gasteiger partial charge in [0.15, 0.2) is 0 Å². The molecular weight excluding hydrogens is 515 g/mol.